The van der Waals surface area contributed by atoms with Gasteiger partial charge in [-0.1, -0.05) is 30.3 Å². The number of benzene rings is 2. The van der Waals surface area contributed by atoms with Gasteiger partial charge in [0.05, 0.1) is 5.69 Å². The number of nitrogens with zero attached hydrogens (tertiary/aromatic N) is 1. The van der Waals surface area contributed by atoms with Crippen molar-refractivity contribution in [2.24, 2.45) is 0 Å². The van der Waals surface area contributed by atoms with Gasteiger partial charge in [-0.3, -0.25) is 4.79 Å². The van der Waals surface area contributed by atoms with E-state index in [-0.39, 0.29) is 12.5 Å². The van der Waals surface area contributed by atoms with Crippen LogP contribution in [0, 0.1) is 0 Å². The fourth-order valence-corrected chi connectivity index (χ4v) is 2.58. The molecule has 0 unspecified atom stereocenters. The second kappa shape index (κ2) is 6.06. The lowest BCUT2D eigenvalue weighted by Crippen LogP contribution is -2.39. The standard InChI is InChI=1S/C17H13BrN2O/c18-15-7-3-4-8-16(15)19-17(21)12-20-10-9-13-5-1-2-6-14(13)11-20/h1-11H,12H2/p+1. The lowest BCUT2D eigenvalue weighted by molar-refractivity contribution is -0.682. The fraction of sp³-hybridized carbons (Fsp3) is 0.0588. The average molecular weight is 342 g/mol. The molecule has 0 aliphatic carbocycles. The van der Waals surface area contributed by atoms with E-state index in [4.69, 9.17) is 0 Å². The van der Waals surface area contributed by atoms with Crippen LogP contribution in [0.3, 0.4) is 0 Å². The summed E-state index contributed by atoms with van der Waals surface area (Å²) in [6.07, 6.45) is 3.90. The van der Waals surface area contributed by atoms with Crippen LogP contribution in [-0.2, 0) is 11.3 Å². The maximum absolute atomic E-state index is 12.1. The largest absolute Gasteiger partial charge is 0.320 e. The Morgan fingerprint density at radius 1 is 1.00 bits per heavy atom. The predicted octanol–water partition coefficient (Wildman–Crippen LogP) is 3.53. The Morgan fingerprint density at radius 2 is 1.71 bits per heavy atom. The van der Waals surface area contributed by atoms with E-state index in [1.807, 2.05) is 65.5 Å². The van der Waals surface area contributed by atoms with Crippen LogP contribution in [0.4, 0.5) is 5.69 Å². The number of rotatable bonds is 3. The van der Waals surface area contributed by atoms with Crippen molar-refractivity contribution in [1.82, 2.24) is 0 Å². The van der Waals surface area contributed by atoms with Crippen molar-refractivity contribution in [3.8, 4) is 0 Å². The molecule has 0 atom stereocenters. The smallest absolute Gasteiger partial charge is 0.290 e. The molecule has 1 heterocycles. The average Bonchev–Trinajstić information content (AvgIpc) is 2.49. The summed E-state index contributed by atoms with van der Waals surface area (Å²) in [5.74, 6) is -0.0535. The second-order valence-corrected chi connectivity index (χ2v) is 5.63. The molecular formula is C17H14BrN2O+. The van der Waals surface area contributed by atoms with E-state index in [1.54, 1.807) is 0 Å². The van der Waals surface area contributed by atoms with Crippen molar-refractivity contribution in [1.29, 1.82) is 0 Å². The summed E-state index contributed by atoms with van der Waals surface area (Å²) < 4.78 is 2.76. The third-order valence-electron chi connectivity index (χ3n) is 3.22. The second-order valence-electron chi connectivity index (χ2n) is 4.77. The molecule has 0 radical (unpaired) electrons. The summed E-state index contributed by atoms with van der Waals surface area (Å²) in [5, 5.41) is 5.19. The van der Waals surface area contributed by atoms with Crippen LogP contribution in [0.2, 0.25) is 0 Å². The van der Waals surface area contributed by atoms with Crippen molar-refractivity contribution in [3.05, 3.63) is 71.5 Å². The number of para-hydroxylation sites is 1. The minimum absolute atomic E-state index is 0.0535. The van der Waals surface area contributed by atoms with Gasteiger partial charge in [-0.25, -0.2) is 0 Å². The van der Waals surface area contributed by atoms with Crippen LogP contribution in [-0.4, -0.2) is 5.91 Å². The molecule has 0 spiro atoms. The number of pyridine rings is 1. The molecule has 104 valence electrons. The Bertz CT molecular complexity index is 801. The van der Waals surface area contributed by atoms with Gasteiger partial charge < -0.3 is 5.32 Å². The molecule has 1 aromatic heterocycles. The number of anilines is 1. The minimum Gasteiger partial charge on any atom is -0.320 e. The zero-order valence-corrected chi connectivity index (χ0v) is 12.9. The number of carbonyl (C=O) groups excluding carboxylic acids is 1. The molecule has 0 saturated heterocycles. The zero-order chi connectivity index (χ0) is 14.7. The zero-order valence-electron chi connectivity index (χ0n) is 11.3. The first-order valence-corrected chi connectivity index (χ1v) is 7.44. The molecule has 0 aliphatic rings. The van der Waals surface area contributed by atoms with Gasteiger partial charge >= 0.3 is 0 Å². The van der Waals surface area contributed by atoms with Crippen LogP contribution >= 0.6 is 15.9 Å². The number of nitrogens with one attached hydrogen (secondary N) is 1. The molecular weight excluding hydrogens is 328 g/mol. The maximum atomic E-state index is 12.1. The quantitative estimate of drug-likeness (QED) is 0.726. The summed E-state index contributed by atoms with van der Waals surface area (Å²) >= 11 is 3.42. The van der Waals surface area contributed by atoms with Crippen molar-refractivity contribution in [2.45, 2.75) is 6.54 Å². The lowest BCUT2D eigenvalue weighted by atomic mass is 10.2. The molecule has 2 aromatic carbocycles. The number of aromatic nitrogens is 1. The topological polar surface area (TPSA) is 33.0 Å². The van der Waals surface area contributed by atoms with Gasteiger partial charge in [-0.05, 0) is 39.5 Å². The van der Waals surface area contributed by atoms with Crippen LogP contribution in [0.25, 0.3) is 10.8 Å². The first-order valence-electron chi connectivity index (χ1n) is 6.64. The van der Waals surface area contributed by atoms with Crippen molar-refractivity contribution >= 4 is 38.3 Å². The van der Waals surface area contributed by atoms with Crippen molar-refractivity contribution in [3.63, 3.8) is 0 Å². The maximum Gasteiger partial charge on any atom is 0.290 e. The third-order valence-corrected chi connectivity index (χ3v) is 3.91. The van der Waals surface area contributed by atoms with Crippen LogP contribution in [0.15, 0.2) is 71.5 Å². The molecule has 0 saturated carbocycles. The van der Waals surface area contributed by atoms with E-state index in [2.05, 4.69) is 27.3 Å². The first-order chi connectivity index (χ1) is 10.2. The van der Waals surface area contributed by atoms with Gasteiger partial charge in [0.15, 0.2) is 12.4 Å². The molecule has 4 heteroatoms. The molecule has 1 amide bonds. The monoisotopic (exact) mass is 341 g/mol. The third kappa shape index (κ3) is 3.28. The van der Waals surface area contributed by atoms with E-state index in [0.29, 0.717) is 0 Å². The number of fused-ring (bicyclic) bond motifs is 1. The highest BCUT2D eigenvalue weighted by molar-refractivity contribution is 9.10. The van der Waals surface area contributed by atoms with Crippen molar-refractivity contribution < 1.29 is 9.36 Å². The highest BCUT2D eigenvalue weighted by Gasteiger charge is 2.11. The molecule has 21 heavy (non-hydrogen) atoms. The number of amides is 1. The summed E-state index contributed by atoms with van der Waals surface area (Å²) in [5.41, 5.74) is 0.781. The molecule has 0 bridgehead atoms. The number of carbonyl (C=O) groups is 1. The van der Waals surface area contributed by atoms with E-state index in [1.165, 1.54) is 5.39 Å². The summed E-state index contributed by atoms with van der Waals surface area (Å²) in [6, 6.07) is 17.7. The fourth-order valence-electron chi connectivity index (χ4n) is 2.19. The van der Waals surface area contributed by atoms with Crippen LogP contribution in [0.5, 0.6) is 0 Å². The molecule has 1 N–H and O–H groups in total. The van der Waals surface area contributed by atoms with E-state index >= 15 is 0 Å². The van der Waals surface area contributed by atoms with Crippen molar-refractivity contribution in [2.75, 3.05) is 5.32 Å². The van der Waals surface area contributed by atoms with E-state index in [9.17, 15) is 4.79 Å². The van der Waals surface area contributed by atoms with Crippen LogP contribution < -0.4 is 9.88 Å². The number of hydrogen-bond acceptors (Lipinski definition) is 1. The Labute approximate surface area is 131 Å². The van der Waals surface area contributed by atoms with Gasteiger partial charge in [-0.15, -0.1) is 0 Å². The number of halogens is 1. The summed E-state index contributed by atoms with van der Waals surface area (Å²) in [4.78, 5) is 12.1. The summed E-state index contributed by atoms with van der Waals surface area (Å²) in [7, 11) is 0. The normalized spacial score (nSPS) is 10.5. The molecule has 3 aromatic rings. The Morgan fingerprint density at radius 3 is 2.52 bits per heavy atom. The van der Waals surface area contributed by atoms with E-state index in [0.717, 1.165) is 15.5 Å². The highest BCUT2D eigenvalue weighted by Crippen LogP contribution is 2.20. The lowest BCUT2D eigenvalue weighted by Gasteiger charge is -2.05. The summed E-state index contributed by atoms with van der Waals surface area (Å²) in [6.45, 7) is 0.284. The predicted molar refractivity (Wildman–Crippen MR) is 86.9 cm³/mol. The van der Waals surface area contributed by atoms with E-state index < -0.39 is 0 Å². The van der Waals surface area contributed by atoms with Gasteiger partial charge in [0.2, 0.25) is 6.54 Å². The minimum atomic E-state index is -0.0535. The SMILES string of the molecule is O=C(C[n+]1ccc2ccccc2c1)Nc1ccccc1Br. The Kier molecular flexibility index (Phi) is 3.97. The Hall–Kier alpha value is -2.20. The Balaban J connectivity index is 1.75. The van der Waals surface area contributed by atoms with Gasteiger partial charge in [0.25, 0.3) is 5.91 Å². The molecule has 3 rings (SSSR count). The first kappa shape index (κ1) is 13.8. The van der Waals surface area contributed by atoms with Crippen LogP contribution in [0.1, 0.15) is 0 Å². The number of hydrogen-bond donors (Lipinski definition) is 1. The van der Waals surface area contributed by atoms with Gasteiger partial charge in [-0.2, -0.15) is 4.57 Å². The van der Waals surface area contributed by atoms with Gasteiger partial charge in [0, 0.05) is 15.9 Å². The molecule has 3 nitrogen and oxygen atoms in total. The highest BCUT2D eigenvalue weighted by atomic mass is 79.9. The molecule has 0 aliphatic heterocycles. The molecule has 0 fully saturated rings. The van der Waals surface area contributed by atoms with Gasteiger partial charge in [0.1, 0.15) is 0 Å².